The molecule has 0 aromatic heterocycles. The summed E-state index contributed by atoms with van der Waals surface area (Å²) < 4.78 is 0. The predicted octanol–water partition coefficient (Wildman–Crippen LogP) is 2.66. The maximum Gasteiger partial charge on any atom is 0.0426 e. The second-order valence-corrected chi connectivity index (χ2v) is 5.75. The van der Waals surface area contributed by atoms with E-state index in [0.29, 0.717) is 0 Å². The Morgan fingerprint density at radius 1 is 1.00 bits per heavy atom. The van der Waals surface area contributed by atoms with E-state index in [1.165, 1.54) is 22.4 Å². The monoisotopic (exact) mass is 264 g/mol. The number of nitrogens with zero attached hydrogens (tertiary/aromatic N) is 2. The number of benzene rings is 1. The van der Waals surface area contributed by atoms with Crippen molar-refractivity contribution in [1.29, 1.82) is 0 Å². The van der Waals surface area contributed by atoms with Gasteiger partial charge in [-0.05, 0) is 31.9 Å². The maximum absolute atomic E-state index is 4.31. The first-order valence-corrected chi connectivity index (χ1v) is 7.41. The molecule has 0 spiro atoms. The van der Waals surface area contributed by atoms with Crippen LogP contribution < -0.4 is 4.90 Å². The first-order valence-electron chi connectivity index (χ1n) is 6.78. The zero-order valence-corrected chi connectivity index (χ0v) is 12.6. The van der Waals surface area contributed by atoms with E-state index in [4.69, 9.17) is 0 Å². The van der Waals surface area contributed by atoms with E-state index in [1.807, 2.05) is 0 Å². The number of rotatable bonds is 3. The average molecular weight is 264 g/mol. The fourth-order valence-corrected chi connectivity index (χ4v) is 3.29. The molecule has 18 heavy (non-hydrogen) atoms. The van der Waals surface area contributed by atoms with Crippen molar-refractivity contribution >= 4 is 18.3 Å². The van der Waals surface area contributed by atoms with Crippen LogP contribution in [0.25, 0.3) is 0 Å². The van der Waals surface area contributed by atoms with Crippen LogP contribution in [0, 0.1) is 20.8 Å². The molecule has 0 aliphatic carbocycles. The lowest BCUT2D eigenvalue weighted by Crippen LogP contribution is -2.47. The smallest absolute Gasteiger partial charge is 0.0426 e. The SMILES string of the molecule is Cc1cc(C)c(N2CCN(CCS)CC2)c(C)c1. The van der Waals surface area contributed by atoms with Gasteiger partial charge in [-0.3, -0.25) is 4.90 Å². The van der Waals surface area contributed by atoms with Gasteiger partial charge in [0.2, 0.25) is 0 Å². The first-order chi connectivity index (χ1) is 8.61. The molecule has 0 atom stereocenters. The van der Waals surface area contributed by atoms with Gasteiger partial charge in [-0.25, -0.2) is 0 Å². The van der Waals surface area contributed by atoms with Gasteiger partial charge in [0, 0.05) is 44.2 Å². The molecule has 1 fully saturated rings. The molecule has 0 saturated carbocycles. The van der Waals surface area contributed by atoms with Gasteiger partial charge in [-0.2, -0.15) is 12.6 Å². The highest BCUT2D eigenvalue weighted by molar-refractivity contribution is 7.80. The van der Waals surface area contributed by atoms with Gasteiger partial charge in [-0.1, -0.05) is 17.7 Å². The molecule has 1 aromatic rings. The zero-order chi connectivity index (χ0) is 13.1. The topological polar surface area (TPSA) is 6.48 Å². The molecule has 2 rings (SSSR count). The van der Waals surface area contributed by atoms with Gasteiger partial charge in [0.05, 0.1) is 0 Å². The third kappa shape index (κ3) is 3.01. The minimum absolute atomic E-state index is 0.961. The van der Waals surface area contributed by atoms with Gasteiger partial charge in [0.15, 0.2) is 0 Å². The van der Waals surface area contributed by atoms with E-state index >= 15 is 0 Å². The summed E-state index contributed by atoms with van der Waals surface area (Å²) in [7, 11) is 0. The van der Waals surface area contributed by atoms with E-state index in [1.54, 1.807) is 0 Å². The van der Waals surface area contributed by atoms with Gasteiger partial charge in [0.25, 0.3) is 0 Å². The maximum atomic E-state index is 4.31. The fraction of sp³-hybridized carbons (Fsp3) is 0.600. The highest BCUT2D eigenvalue weighted by Crippen LogP contribution is 2.27. The molecule has 0 N–H and O–H groups in total. The Morgan fingerprint density at radius 2 is 1.56 bits per heavy atom. The standard InChI is InChI=1S/C15H24N2S/c1-12-10-13(2)15(14(3)11-12)17-6-4-16(5-7-17)8-9-18/h10-11,18H,4-9H2,1-3H3. The van der Waals surface area contributed by atoms with Crippen LogP contribution in [0.1, 0.15) is 16.7 Å². The molecular weight excluding hydrogens is 240 g/mol. The number of hydrogen-bond donors (Lipinski definition) is 1. The molecular formula is C15H24N2S. The molecule has 3 heteroatoms. The predicted molar refractivity (Wildman–Crippen MR) is 83.2 cm³/mol. The minimum atomic E-state index is 0.961. The summed E-state index contributed by atoms with van der Waals surface area (Å²) in [6.45, 7) is 12.3. The van der Waals surface area contributed by atoms with Gasteiger partial charge in [-0.15, -0.1) is 0 Å². The summed E-state index contributed by atoms with van der Waals surface area (Å²) in [5.74, 6) is 0.961. The van der Waals surface area contributed by atoms with Crippen LogP contribution in [0.3, 0.4) is 0 Å². The molecule has 1 aliphatic rings. The molecule has 0 unspecified atom stereocenters. The largest absolute Gasteiger partial charge is 0.369 e. The Labute approximate surface area is 116 Å². The first kappa shape index (κ1) is 13.8. The summed E-state index contributed by atoms with van der Waals surface area (Å²) in [6, 6.07) is 4.59. The molecule has 2 nitrogen and oxygen atoms in total. The Hall–Kier alpha value is -0.670. The second-order valence-electron chi connectivity index (χ2n) is 5.30. The van der Waals surface area contributed by atoms with Crippen LogP contribution in [-0.2, 0) is 0 Å². The van der Waals surface area contributed by atoms with Gasteiger partial charge in [0.1, 0.15) is 0 Å². The lowest BCUT2D eigenvalue weighted by molar-refractivity contribution is 0.273. The van der Waals surface area contributed by atoms with E-state index in [9.17, 15) is 0 Å². The van der Waals surface area contributed by atoms with E-state index in [0.717, 1.165) is 38.5 Å². The number of anilines is 1. The number of thiol groups is 1. The van der Waals surface area contributed by atoms with Crippen molar-refractivity contribution in [2.75, 3.05) is 43.4 Å². The molecule has 100 valence electrons. The molecule has 1 aliphatic heterocycles. The van der Waals surface area contributed by atoms with Crippen molar-refractivity contribution in [3.8, 4) is 0 Å². The second kappa shape index (κ2) is 5.98. The molecule has 0 bridgehead atoms. The van der Waals surface area contributed by atoms with Crippen LogP contribution in [-0.4, -0.2) is 43.4 Å². The molecule has 0 radical (unpaired) electrons. The van der Waals surface area contributed by atoms with Crippen molar-refractivity contribution in [2.24, 2.45) is 0 Å². The Kier molecular flexibility index (Phi) is 4.57. The van der Waals surface area contributed by atoms with E-state index in [2.05, 4.69) is 55.3 Å². The lowest BCUT2D eigenvalue weighted by Gasteiger charge is -2.37. The van der Waals surface area contributed by atoms with Gasteiger partial charge < -0.3 is 4.90 Å². The molecule has 1 heterocycles. The van der Waals surface area contributed by atoms with Crippen LogP contribution in [0.5, 0.6) is 0 Å². The third-order valence-corrected chi connectivity index (χ3v) is 3.94. The molecule has 1 saturated heterocycles. The summed E-state index contributed by atoms with van der Waals surface area (Å²) in [6.07, 6.45) is 0. The normalized spacial score (nSPS) is 17.2. The van der Waals surface area contributed by atoms with Gasteiger partial charge >= 0.3 is 0 Å². The number of aryl methyl sites for hydroxylation is 3. The van der Waals surface area contributed by atoms with Crippen LogP contribution in [0.15, 0.2) is 12.1 Å². The Bertz CT molecular complexity index is 386. The summed E-state index contributed by atoms with van der Waals surface area (Å²) in [5, 5.41) is 0. The quantitative estimate of drug-likeness (QED) is 0.839. The molecule has 1 aromatic carbocycles. The van der Waals surface area contributed by atoms with Crippen LogP contribution >= 0.6 is 12.6 Å². The summed E-state index contributed by atoms with van der Waals surface area (Å²) in [5.41, 5.74) is 5.64. The van der Waals surface area contributed by atoms with Crippen LogP contribution in [0.4, 0.5) is 5.69 Å². The van der Waals surface area contributed by atoms with E-state index in [-0.39, 0.29) is 0 Å². The Morgan fingerprint density at radius 3 is 2.06 bits per heavy atom. The third-order valence-electron chi connectivity index (χ3n) is 3.74. The summed E-state index contributed by atoms with van der Waals surface area (Å²) in [4.78, 5) is 5.04. The van der Waals surface area contributed by atoms with Crippen molar-refractivity contribution < 1.29 is 0 Å². The highest BCUT2D eigenvalue weighted by atomic mass is 32.1. The zero-order valence-electron chi connectivity index (χ0n) is 11.7. The van der Waals surface area contributed by atoms with Crippen LogP contribution in [0.2, 0.25) is 0 Å². The number of piperazine rings is 1. The highest BCUT2D eigenvalue weighted by Gasteiger charge is 2.19. The van der Waals surface area contributed by atoms with Crippen molar-refractivity contribution in [3.05, 3.63) is 28.8 Å². The average Bonchev–Trinajstić information content (AvgIpc) is 2.30. The lowest BCUT2D eigenvalue weighted by atomic mass is 10.0. The van der Waals surface area contributed by atoms with Crippen molar-refractivity contribution in [2.45, 2.75) is 20.8 Å². The number of hydrogen-bond acceptors (Lipinski definition) is 3. The Balaban J connectivity index is 2.10. The van der Waals surface area contributed by atoms with E-state index < -0.39 is 0 Å². The minimum Gasteiger partial charge on any atom is -0.369 e. The van der Waals surface area contributed by atoms with Crippen molar-refractivity contribution in [3.63, 3.8) is 0 Å². The fourth-order valence-electron chi connectivity index (χ4n) is 3.01. The van der Waals surface area contributed by atoms with Crippen molar-refractivity contribution in [1.82, 2.24) is 4.90 Å². The summed E-state index contributed by atoms with van der Waals surface area (Å²) >= 11 is 4.31. The molecule has 0 amide bonds.